The molecule has 1 aromatic rings. The smallest absolute Gasteiger partial charge is 0.310 e. The van der Waals surface area contributed by atoms with Crippen molar-refractivity contribution in [1.29, 1.82) is 0 Å². The molecule has 0 saturated heterocycles. The lowest BCUT2D eigenvalue weighted by Gasteiger charge is -2.36. The molecule has 1 aliphatic rings. The van der Waals surface area contributed by atoms with Gasteiger partial charge in [-0.25, -0.2) is 0 Å². The average Bonchev–Trinajstić information content (AvgIpc) is 2.31. The van der Waals surface area contributed by atoms with Crippen LogP contribution in [0.15, 0.2) is 22.7 Å². The first-order valence-corrected chi connectivity index (χ1v) is 8.10. The van der Waals surface area contributed by atoms with Gasteiger partial charge in [-0.15, -0.1) is 0 Å². The maximum atomic E-state index is 12.1. The van der Waals surface area contributed by atoms with Crippen LogP contribution in [-0.4, -0.2) is 23.1 Å². The molecule has 1 aromatic carbocycles. The SMILES string of the molecule is CC(C)Oc1cc(Br)cc(NC(=O)CC2(C(=O)O)CCC2)c1. The van der Waals surface area contributed by atoms with Gasteiger partial charge in [0.25, 0.3) is 0 Å². The average molecular weight is 370 g/mol. The van der Waals surface area contributed by atoms with E-state index < -0.39 is 11.4 Å². The topological polar surface area (TPSA) is 75.6 Å². The van der Waals surface area contributed by atoms with Gasteiger partial charge < -0.3 is 15.2 Å². The summed E-state index contributed by atoms with van der Waals surface area (Å²) in [5, 5.41) is 12.0. The molecule has 1 aliphatic carbocycles. The molecular formula is C16H20BrNO4. The second kappa shape index (κ2) is 6.69. The van der Waals surface area contributed by atoms with Crippen molar-refractivity contribution >= 4 is 33.5 Å². The number of hydrogen-bond acceptors (Lipinski definition) is 3. The zero-order chi connectivity index (χ0) is 16.3. The molecular weight excluding hydrogens is 350 g/mol. The summed E-state index contributed by atoms with van der Waals surface area (Å²) in [5.41, 5.74) is -0.289. The minimum Gasteiger partial charge on any atom is -0.491 e. The fraction of sp³-hybridized carbons (Fsp3) is 0.500. The molecule has 2 N–H and O–H groups in total. The van der Waals surface area contributed by atoms with Crippen molar-refractivity contribution in [2.75, 3.05) is 5.32 Å². The number of amides is 1. The van der Waals surface area contributed by atoms with Crippen LogP contribution in [0.5, 0.6) is 5.75 Å². The van der Waals surface area contributed by atoms with Crippen LogP contribution in [0.3, 0.4) is 0 Å². The summed E-state index contributed by atoms with van der Waals surface area (Å²) in [6.45, 7) is 3.85. The van der Waals surface area contributed by atoms with Crippen LogP contribution < -0.4 is 10.1 Å². The molecule has 0 atom stereocenters. The molecule has 1 fully saturated rings. The number of aliphatic carboxylic acids is 1. The summed E-state index contributed by atoms with van der Waals surface area (Å²) in [7, 11) is 0. The fourth-order valence-electron chi connectivity index (χ4n) is 2.56. The first-order valence-electron chi connectivity index (χ1n) is 7.31. The first-order chi connectivity index (χ1) is 10.3. The normalized spacial score (nSPS) is 16.0. The molecule has 0 aliphatic heterocycles. The van der Waals surface area contributed by atoms with Gasteiger partial charge >= 0.3 is 5.97 Å². The Labute approximate surface area is 138 Å². The quantitative estimate of drug-likeness (QED) is 0.798. The molecule has 6 heteroatoms. The number of anilines is 1. The Kier molecular flexibility index (Phi) is 5.11. The molecule has 1 amide bonds. The summed E-state index contributed by atoms with van der Waals surface area (Å²) in [6, 6.07) is 5.32. The Bertz CT molecular complexity index is 582. The van der Waals surface area contributed by atoms with Crippen molar-refractivity contribution in [2.24, 2.45) is 5.41 Å². The summed E-state index contributed by atoms with van der Waals surface area (Å²) in [4.78, 5) is 23.5. The van der Waals surface area contributed by atoms with Gasteiger partial charge in [0.1, 0.15) is 5.75 Å². The van der Waals surface area contributed by atoms with Gasteiger partial charge in [-0.3, -0.25) is 9.59 Å². The van der Waals surface area contributed by atoms with Crippen LogP contribution in [0.1, 0.15) is 39.5 Å². The van der Waals surface area contributed by atoms with E-state index in [0.29, 0.717) is 24.3 Å². The zero-order valence-electron chi connectivity index (χ0n) is 12.7. The van der Waals surface area contributed by atoms with Gasteiger partial charge in [0.05, 0.1) is 11.5 Å². The highest BCUT2D eigenvalue weighted by molar-refractivity contribution is 9.10. The number of rotatable bonds is 6. The molecule has 0 spiro atoms. The van der Waals surface area contributed by atoms with Crippen molar-refractivity contribution in [1.82, 2.24) is 0 Å². The minimum absolute atomic E-state index is 0.00914. The predicted octanol–water partition coefficient (Wildman–Crippen LogP) is 3.82. The van der Waals surface area contributed by atoms with Crippen molar-refractivity contribution in [3.63, 3.8) is 0 Å². The fourth-order valence-corrected chi connectivity index (χ4v) is 3.03. The predicted molar refractivity (Wildman–Crippen MR) is 87.1 cm³/mol. The molecule has 1 saturated carbocycles. The summed E-state index contributed by atoms with van der Waals surface area (Å²) in [6.07, 6.45) is 2.03. The molecule has 0 heterocycles. The zero-order valence-corrected chi connectivity index (χ0v) is 14.3. The standard InChI is InChI=1S/C16H20BrNO4/c1-10(2)22-13-7-11(17)6-12(8-13)18-14(19)9-16(15(20)21)4-3-5-16/h6-8,10H,3-5,9H2,1-2H3,(H,18,19)(H,20,21). The second-order valence-electron chi connectivity index (χ2n) is 6.01. The largest absolute Gasteiger partial charge is 0.491 e. The van der Waals surface area contributed by atoms with E-state index >= 15 is 0 Å². The number of halogens is 1. The van der Waals surface area contributed by atoms with Crippen molar-refractivity contribution < 1.29 is 19.4 Å². The molecule has 5 nitrogen and oxygen atoms in total. The highest BCUT2D eigenvalue weighted by Crippen LogP contribution is 2.44. The van der Waals surface area contributed by atoms with Gasteiger partial charge in [-0.2, -0.15) is 0 Å². The Morgan fingerprint density at radius 2 is 2.05 bits per heavy atom. The van der Waals surface area contributed by atoms with Gasteiger partial charge in [0, 0.05) is 22.6 Å². The summed E-state index contributed by atoms with van der Waals surface area (Å²) in [5.74, 6) is -0.515. The van der Waals surface area contributed by atoms with E-state index in [1.165, 1.54) is 0 Å². The van der Waals surface area contributed by atoms with E-state index in [0.717, 1.165) is 10.9 Å². The number of benzene rings is 1. The highest BCUT2D eigenvalue weighted by atomic mass is 79.9. The Morgan fingerprint density at radius 3 is 2.55 bits per heavy atom. The maximum Gasteiger partial charge on any atom is 0.310 e. The van der Waals surface area contributed by atoms with Gasteiger partial charge in [-0.05, 0) is 38.8 Å². The van der Waals surface area contributed by atoms with Crippen LogP contribution in [-0.2, 0) is 9.59 Å². The van der Waals surface area contributed by atoms with Crippen molar-refractivity contribution in [3.05, 3.63) is 22.7 Å². The number of hydrogen-bond donors (Lipinski definition) is 2. The number of ether oxygens (including phenoxy) is 1. The monoisotopic (exact) mass is 369 g/mol. The summed E-state index contributed by atoms with van der Waals surface area (Å²) >= 11 is 3.38. The Morgan fingerprint density at radius 1 is 1.36 bits per heavy atom. The van der Waals surface area contributed by atoms with E-state index in [1.54, 1.807) is 12.1 Å². The number of carbonyl (C=O) groups excluding carboxylic acids is 1. The van der Waals surface area contributed by atoms with Crippen molar-refractivity contribution in [3.8, 4) is 5.75 Å². The van der Waals surface area contributed by atoms with E-state index in [-0.39, 0.29) is 18.4 Å². The number of carboxylic acid groups (broad SMARTS) is 1. The molecule has 120 valence electrons. The Hall–Kier alpha value is -1.56. The third kappa shape index (κ3) is 4.00. The lowest BCUT2D eigenvalue weighted by Crippen LogP contribution is -2.41. The maximum absolute atomic E-state index is 12.1. The van der Waals surface area contributed by atoms with Crippen LogP contribution in [0.4, 0.5) is 5.69 Å². The highest BCUT2D eigenvalue weighted by Gasteiger charge is 2.45. The lowest BCUT2D eigenvalue weighted by atomic mass is 9.66. The molecule has 22 heavy (non-hydrogen) atoms. The molecule has 2 rings (SSSR count). The van der Waals surface area contributed by atoms with E-state index in [1.807, 2.05) is 19.9 Å². The third-order valence-corrected chi connectivity index (χ3v) is 4.25. The van der Waals surface area contributed by atoms with Gasteiger partial charge in [0.15, 0.2) is 0 Å². The van der Waals surface area contributed by atoms with Crippen LogP contribution in [0.2, 0.25) is 0 Å². The first kappa shape index (κ1) is 16.8. The molecule has 0 aromatic heterocycles. The lowest BCUT2D eigenvalue weighted by molar-refractivity contribution is -0.157. The second-order valence-corrected chi connectivity index (χ2v) is 6.92. The molecule has 0 bridgehead atoms. The number of carbonyl (C=O) groups is 2. The van der Waals surface area contributed by atoms with Crippen LogP contribution >= 0.6 is 15.9 Å². The van der Waals surface area contributed by atoms with E-state index in [9.17, 15) is 14.7 Å². The minimum atomic E-state index is -0.882. The number of nitrogens with one attached hydrogen (secondary N) is 1. The van der Waals surface area contributed by atoms with E-state index in [2.05, 4.69) is 21.2 Å². The summed E-state index contributed by atoms with van der Waals surface area (Å²) < 4.78 is 6.40. The third-order valence-electron chi connectivity index (χ3n) is 3.79. The molecule has 0 radical (unpaired) electrons. The number of carboxylic acids is 1. The van der Waals surface area contributed by atoms with E-state index in [4.69, 9.17) is 4.74 Å². The van der Waals surface area contributed by atoms with Gasteiger partial charge in [-0.1, -0.05) is 22.4 Å². The molecule has 0 unspecified atom stereocenters. The Balaban J connectivity index is 2.05. The van der Waals surface area contributed by atoms with Crippen molar-refractivity contribution in [2.45, 2.75) is 45.6 Å². The van der Waals surface area contributed by atoms with Gasteiger partial charge in [0.2, 0.25) is 5.91 Å². The van der Waals surface area contributed by atoms with Crippen LogP contribution in [0, 0.1) is 5.41 Å². The van der Waals surface area contributed by atoms with Crippen LogP contribution in [0.25, 0.3) is 0 Å².